The smallest absolute Gasteiger partial charge is 0.416 e. The molecule has 3 aromatic carbocycles. The Morgan fingerprint density at radius 3 is 2.22 bits per heavy atom. The molecule has 184 valence electrons. The Morgan fingerprint density at radius 1 is 0.861 bits per heavy atom. The average molecular weight is 495 g/mol. The van der Waals surface area contributed by atoms with E-state index in [-0.39, 0.29) is 11.3 Å². The van der Waals surface area contributed by atoms with Crippen molar-refractivity contribution in [3.05, 3.63) is 71.4 Å². The number of carbonyl (C=O) groups excluding carboxylic acids is 1. The van der Waals surface area contributed by atoms with Crippen LogP contribution in [0.15, 0.2) is 54.7 Å². The lowest BCUT2D eigenvalue weighted by Crippen LogP contribution is -2.04. The molecule has 36 heavy (non-hydrogen) atoms. The van der Waals surface area contributed by atoms with E-state index in [4.69, 9.17) is 14.2 Å². The summed E-state index contributed by atoms with van der Waals surface area (Å²) in [5.41, 5.74) is 1.99. The highest BCUT2D eigenvalue weighted by Crippen LogP contribution is 2.39. The number of hydrogen-bond acceptors (Lipinski definition) is 5. The van der Waals surface area contributed by atoms with Crippen LogP contribution in [0.25, 0.3) is 33.3 Å². The third-order valence-corrected chi connectivity index (χ3v) is 5.94. The van der Waals surface area contributed by atoms with Crippen LogP contribution in [0.1, 0.15) is 21.5 Å². The van der Waals surface area contributed by atoms with E-state index in [1.807, 2.05) is 0 Å². The summed E-state index contributed by atoms with van der Waals surface area (Å²) in [7, 11) is 4.41. The van der Waals surface area contributed by atoms with Crippen LogP contribution in [0, 0.1) is 0 Å². The van der Waals surface area contributed by atoms with Crippen LogP contribution >= 0.6 is 0 Å². The largest absolute Gasteiger partial charge is 0.493 e. The lowest BCUT2D eigenvalue weighted by molar-refractivity contribution is -0.137. The van der Waals surface area contributed by atoms with Gasteiger partial charge in [0, 0.05) is 33.8 Å². The third kappa shape index (κ3) is 3.90. The highest BCUT2D eigenvalue weighted by molar-refractivity contribution is 6.12. The van der Waals surface area contributed by atoms with Gasteiger partial charge in [0.2, 0.25) is 5.75 Å². The van der Waals surface area contributed by atoms with Crippen molar-refractivity contribution in [2.45, 2.75) is 6.18 Å². The number of ether oxygens (including phenoxy) is 3. The first kappa shape index (κ1) is 23.3. The zero-order chi connectivity index (χ0) is 25.6. The molecule has 0 aliphatic heterocycles. The van der Waals surface area contributed by atoms with Crippen LogP contribution in [0.4, 0.5) is 13.2 Å². The van der Waals surface area contributed by atoms with Gasteiger partial charge in [-0.15, -0.1) is 0 Å². The fraction of sp³-hybridized carbons (Fsp3) is 0.154. The van der Waals surface area contributed by atoms with Crippen LogP contribution in [0.2, 0.25) is 0 Å². The zero-order valence-corrected chi connectivity index (χ0v) is 19.4. The Labute approximate surface area is 202 Å². The topological polar surface area (TPSA) is 89.2 Å². The number of rotatable bonds is 6. The minimum absolute atomic E-state index is 0.263. The van der Waals surface area contributed by atoms with E-state index >= 15 is 0 Å². The number of benzene rings is 3. The Kier molecular flexibility index (Phi) is 5.58. The molecule has 0 spiro atoms. The van der Waals surface area contributed by atoms with Crippen LogP contribution < -0.4 is 14.2 Å². The molecule has 0 saturated heterocycles. The van der Waals surface area contributed by atoms with Crippen LogP contribution in [0.5, 0.6) is 17.2 Å². The molecule has 2 aromatic heterocycles. The summed E-state index contributed by atoms with van der Waals surface area (Å²) >= 11 is 0. The van der Waals surface area contributed by atoms with Crippen molar-refractivity contribution < 1.29 is 32.2 Å². The summed E-state index contributed by atoms with van der Waals surface area (Å²) in [5.74, 6) is 1.18. The normalized spacial score (nSPS) is 11.7. The molecule has 0 radical (unpaired) electrons. The molecule has 0 bridgehead atoms. The minimum Gasteiger partial charge on any atom is -0.493 e. The number of hydrogen-bond donors (Lipinski definition) is 2. The van der Waals surface area contributed by atoms with E-state index in [0.29, 0.717) is 50.7 Å². The van der Waals surface area contributed by atoms with Gasteiger partial charge >= 0.3 is 6.18 Å². The molecule has 0 saturated carbocycles. The van der Waals surface area contributed by atoms with Gasteiger partial charge in [0.25, 0.3) is 0 Å². The number of halogens is 3. The van der Waals surface area contributed by atoms with Crippen molar-refractivity contribution in [1.29, 1.82) is 0 Å². The van der Waals surface area contributed by atoms with E-state index in [2.05, 4.69) is 15.0 Å². The van der Waals surface area contributed by atoms with Crippen molar-refractivity contribution in [2.24, 2.45) is 0 Å². The summed E-state index contributed by atoms with van der Waals surface area (Å²) in [4.78, 5) is 23.9. The van der Waals surface area contributed by atoms with Gasteiger partial charge in [-0.2, -0.15) is 13.2 Å². The molecule has 0 fully saturated rings. The van der Waals surface area contributed by atoms with E-state index in [1.165, 1.54) is 27.4 Å². The Bertz CT molecular complexity index is 1590. The van der Waals surface area contributed by atoms with Crippen LogP contribution in [-0.4, -0.2) is 42.1 Å². The number of fused-ring (bicyclic) bond motifs is 2. The van der Waals surface area contributed by atoms with Gasteiger partial charge in [0.15, 0.2) is 17.3 Å². The molecule has 2 heterocycles. The maximum atomic E-state index is 13.4. The number of imidazole rings is 1. The number of H-pyrrole nitrogens is 2. The summed E-state index contributed by atoms with van der Waals surface area (Å²) in [6.07, 6.45) is -2.76. The van der Waals surface area contributed by atoms with E-state index in [9.17, 15) is 18.0 Å². The van der Waals surface area contributed by atoms with Crippen molar-refractivity contribution >= 4 is 27.7 Å². The number of aromatic nitrogens is 3. The first-order chi connectivity index (χ1) is 17.2. The third-order valence-electron chi connectivity index (χ3n) is 5.94. The first-order valence-electron chi connectivity index (χ1n) is 10.8. The number of carbonyl (C=O) groups is 1. The molecular formula is C26H20F3N3O4. The van der Waals surface area contributed by atoms with Crippen LogP contribution in [-0.2, 0) is 6.18 Å². The molecule has 0 atom stereocenters. The average Bonchev–Trinajstić information content (AvgIpc) is 3.49. The fourth-order valence-corrected chi connectivity index (χ4v) is 4.15. The summed E-state index contributed by atoms with van der Waals surface area (Å²) < 4.78 is 55.4. The monoisotopic (exact) mass is 495 g/mol. The Morgan fingerprint density at radius 2 is 1.58 bits per heavy atom. The second-order valence-corrected chi connectivity index (χ2v) is 8.02. The maximum Gasteiger partial charge on any atom is 0.416 e. The molecule has 0 aliphatic carbocycles. The molecular weight excluding hydrogens is 475 g/mol. The van der Waals surface area contributed by atoms with Gasteiger partial charge in [-0.25, -0.2) is 4.98 Å². The van der Waals surface area contributed by atoms with Crippen molar-refractivity contribution in [3.63, 3.8) is 0 Å². The maximum absolute atomic E-state index is 13.4. The lowest BCUT2D eigenvalue weighted by Gasteiger charge is -2.13. The van der Waals surface area contributed by atoms with E-state index < -0.39 is 11.7 Å². The van der Waals surface area contributed by atoms with Gasteiger partial charge in [0.05, 0.1) is 37.9 Å². The number of nitrogens with one attached hydrogen (secondary N) is 2. The predicted octanol–water partition coefficient (Wildman–Crippen LogP) is 5.99. The van der Waals surface area contributed by atoms with Gasteiger partial charge in [-0.05, 0) is 48.5 Å². The summed E-state index contributed by atoms with van der Waals surface area (Å²) in [6.45, 7) is 0. The molecule has 2 N–H and O–H groups in total. The van der Waals surface area contributed by atoms with Gasteiger partial charge in [-0.3, -0.25) is 4.79 Å². The Balaban J connectivity index is 1.57. The molecule has 0 amide bonds. The van der Waals surface area contributed by atoms with Gasteiger partial charge in [0.1, 0.15) is 5.82 Å². The molecule has 0 unspecified atom stereocenters. The van der Waals surface area contributed by atoms with Crippen molar-refractivity contribution in [1.82, 2.24) is 15.0 Å². The molecule has 0 aliphatic rings. The van der Waals surface area contributed by atoms with Crippen molar-refractivity contribution in [2.75, 3.05) is 21.3 Å². The quantitative estimate of drug-likeness (QED) is 0.283. The van der Waals surface area contributed by atoms with Gasteiger partial charge in [-0.1, -0.05) is 0 Å². The SMILES string of the molecule is COc1cc(C(=O)c2ccc3[nH]cc(-c4nc5ccc(C(F)(F)F)cc5[nH]4)c3c2)cc(OC)c1OC. The zero-order valence-electron chi connectivity index (χ0n) is 19.4. The number of alkyl halides is 3. The Hall–Kier alpha value is -4.47. The fourth-order valence-electron chi connectivity index (χ4n) is 4.15. The van der Waals surface area contributed by atoms with Crippen LogP contribution in [0.3, 0.4) is 0 Å². The van der Waals surface area contributed by atoms with Gasteiger partial charge < -0.3 is 24.2 Å². The molecule has 10 heteroatoms. The predicted molar refractivity (Wildman–Crippen MR) is 128 cm³/mol. The van der Waals surface area contributed by atoms with E-state index in [1.54, 1.807) is 36.5 Å². The highest BCUT2D eigenvalue weighted by Gasteiger charge is 2.31. The minimum atomic E-state index is -4.46. The standard InChI is InChI=1S/C26H20F3N3O4/c1-34-21-9-14(10-22(35-2)24(21)36-3)23(33)13-4-6-18-16(8-13)17(12-30-18)25-31-19-7-5-15(26(27,28)29)11-20(19)32-25/h4-12,30H,1-3H3,(H,31,32). The summed E-state index contributed by atoms with van der Waals surface area (Å²) in [5, 5.41) is 0.684. The van der Waals surface area contributed by atoms with Crippen molar-refractivity contribution in [3.8, 4) is 28.6 Å². The number of methoxy groups -OCH3 is 3. The second-order valence-electron chi connectivity index (χ2n) is 8.02. The lowest BCUT2D eigenvalue weighted by atomic mass is 10.00. The molecule has 7 nitrogen and oxygen atoms in total. The number of ketones is 1. The number of aromatic amines is 2. The highest BCUT2D eigenvalue weighted by atomic mass is 19.4. The molecule has 5 rings (SSSR count). The first-order valence-corrected chi connectivity index (χ1v) is 10.8. The summed E-state index contributed by atoms with van der Waals surface area (Å²) in [6, 6.07) is 11.6. The second kappa shape index (κ2) is 8.63. The molecule has 5 aromatic rings. The van der Waals surface area contributed by atoms with E-state index in [0.717, 1.165) is 17.6 Å². The number of nitrogens with zero attached hydrogens (tertiary/aromatic N) is 1.